The van der Waals surface area contributed by atoms with Crippen LogP contribution in [0.1, 0.15) is 11.1 Å². The standard InChI is InChI=1S/C14H9F2NO/c1-9-6-11(15)3-5-13(9)18-14-4-2-10(8-17)7-12(14)16/h2-7H,1H3. The lowest BCUT2D eigenvalue weighted by Crippen LogP contribution is -1.92. The van der Waals surface area contributed by atoms with Gasteiger partial charge in [-0.3, -0.25) is 0 Å². The summed E-state index contributed by atoms with van der Waals surface area (Å²) in [6.07, 6.45) is 0. The van der Waals surface area contributed by atoms with E-state index in [4.69, 9.17) is 10.00 Å². The van der Waals surface area contributed by atoms with E-state index in [-0.39, 0.29) is 17.1 Å². The SMILES string of the molecule is Cc1cc(F)ccc1Oc1ccc(C#N)cc1F. The Bertz CT molecular complexity index is 632. The average Bonchev–Trinajstić information content (AvgIpc) is 2.34. The first-order valence-corrected chi connectivity index (χ1v) is 5.24. The van der Waals surface area contributed by atoms with E-state index in [1.165, 1.54) is 30.3 Å². The van der Waals surface area contributed by atoms with Crippen LogP contribution >= 0.6 is 0 Å². The first kappa shape index (κ1) is 12.1. The molecule has 4 heteroatoms. The summed E-state index contributed by atoms with van der Waals surface area (Å²) < 4.78 is 31.8. The molecule has 2 rings (SSSR count). The lowest BCUT2D eigenvalue weighted by atomic mass is 10.2. The van der Waals surface area contributed by atoms with E-state index in [2.05, 4.69) is 0 Å². The van der Waals surface area contributed by atoms with Gasteiger partial charge in [0, 0.05) is 0 Å². The molecule has 0 spiro atoms. The molecule has 2 aromatic rings. The Labute approximate surface area is 103 Å². The van der Waals surface area contributed by atoms with Crippen LogP contribution in [-0.4, -0.2) is 0 Å². The number of aryl methyl sites for hydroxylation is 1. The van der Waals surface area contributed by atoms with Crippen molar-refractivity contribution in [1.29, 1.82) is 5.26 Å². The molecule has 18 heavy (non-hydrogen) atoms. The molecule has 2 aromatic carbocycles. The maximum atomic E-state index is 13.6. The van der Waals surface area contributed by atoms with Gasteiger partial charge in [0.05, 0.1) is 11.6 Å². The summed E-state index contributed by atoms with van der Waals surface area (Å²) in [7, 11) is 0. The smallest absolute Gasteiger partial charge is 0.167 e. The quantitative estimate of drug-likeness (QED) is 0.802. The fraction of sp³-hybridized carbons (Fsp3) is 0.0714. The van der Waals surface area contributed by atoms with Crippen molar-refractivity contribution in [1.82, 2.24) is 0 Å². The molecule has 0 saturated heterocycles. The van der Waals surface area contributed by atoms with Gasteiger partial charge in [0.25, 0.3) is 0 Å². The molecule has 0 saturated carbocycles. The highest BCUT2D eigenvalue weighted by molar-refractivity contribution is 5.41. The van der Waals surface area contributed by atoms with Crippen molar-refractivity contribution in [3.63, 3.8) is 0 Å². The minimum atomic E-state index is -0.627. The second kappa shape index (κ2) is 4.84. The third-order valence-corrected chi connectivity index (χ3v) is 2.42. The molecule has 0 atom stereocenters. The van der Waals surface area contributed by atoms with Crippen LogP contribution in [0, 0.1) is 29.9 Å². The van der Waals surface area contributed by atoms with Crippen LogP contribution in [0.5, 0.6) is 11.5 Å². The van der Waals surface area contributed by atoms with Gasteiger partial charge in [0.1, 0.15) is 11.6 Å². The van der Waals surface area contributed by atoms with E-state index in [1.807, 2.05) is 6.07 Å². The van der Waals surface area contributed by atoms with Crippen LogP contribution in [0.15, 0.2) is 36.4 Å². The second-order valence-electron chi connectivity index (χ2n) is 3.77. The monoisotopic (exact) mass is 245 g/mol. The second-order valence-corrected chi connectivity index (χ2v) is 3.77. The minimum Gasteiger partial charge on any atom is -0.454 e. The number of ether oxygens (including phenoxy) is 1. The molecule has 0 aromatic heterocycles. The molecule has 0 amide bonds. The van der Waals surface area contributed by atoms with E-state index in [9.17, 15) is 8.78 Å². The summed E-state index contributed by atoms with van der Waals surface area (Å²) in [5.74, 6) is -0.623. The highest BCUT2D eigenvalue weighted by atomic mass is 19.1. The zero-order valence-corrected chi connectivity index (χ0v) is 9.58. The third kappa shape index (κ3) is 2.46. The summed E-state index contributed by atoms with van der Waals surface area (Å²) in [5.41, 5.74) is 0.787. The van der Waals surface area contributed by atoms with Gasteiger partial charge in [0.2, 0.25) is 0 Å². The van der Waals surface area contributed by atoms with Gasteiger partial charge in [-0.2, -0.15) is 5.26 Å². The van der Waals surface area contributed by atoms with Crippen molar-refractivity contribution in [2.45, 2.75) is 6.92 Å². The molecule has 0 unspecified atom stereocenters. The number of hydrogen-bond donors (Lipinski definition) is 0. The molecule has 0 radical (unpaired) electrons. The fourth-order valence-electron chi connectivity index (χ4n) is 1.50. The number of halogens is 2. The van der Waals surface area contributed by atoms with Gasteiger partial charge in [-0.15, -0.1) is 0 Å². The zero-order chi connectivity index (χ0) is 13.1. The van der Waals surface area contributed by atoms with Crippen molar-refractivity contribution in [3.05, 3.63) is 59.2 Å². The average molecular weight is 245 g/mol. The van der Waals surface area contributed by atoms with Crippen molar-refractivity contribution >= 4 is 0 Å². The van der Waals surface area contributed by atoms with Crippen molar-refractivity contribution in [2.75, 3.05) is 0 Å². The Balaban J connectivity index is 2.32. The van der Waals surface area contributed by atoms with Gasteiger partial charge < -0.3 is 4.74 Å². The lowest BCUT2D eigenvalue weighted by Gasteiger charge is -2.09. The highest BCUT2D eigenvalue weighted by Gasteiger charge is 2.08. The van der Waals surface area contributed by atoms with Crippen LogP contribution in [0.25, 0.3) is 0 Å². The van der Waals surface area contributed by atoms with Gasteiger partial charge in [-0.25, -0.2) is 8.78 Å². The normalized spacial score (nSPS) is 9.89. The summed E-state index contributed by atoms with van der Waals surface area (Å²) in [6.45, 7) is 1.67. The maximum absolute atomic E-state index is 13.6. The molecule has 0 aliphatic carbocycles. The summed E-state index contributed by atoms with van der Waals surface area (Å²) in [4.78, 5) is 0. The minimum absolute atomic E-state index is 0.00343. The molecule has 0 fully saturated rings. The van der Waals surface area contributed by atoms with Crippen molar-refractivity contribution < 1.29 is 13.5 Å². The molecule has 0 aliphatic heterocycles. The predicted molar refractivity (Wildman–Crippen MR) is 62.3 cm³/mol. The number of benzene rings is 2. The van der Waals surface area contributed by atoms with Crippen molar-refractivity contribution in [2.24, 2.45) is 0 Å². The summed E-state index contributed by atoms with van der Waals surface area (Å²) in [6, 6.07) is 9.73. The maximum Gasteiger partial charge on any atom is 0.167 e. The van der Waals surface area contributed by atoms with Crippen LogP contribution in [0.3, 0.4) is 0 Å². The molecular formula is C14H9F2NO. The number of hydrogen-bond acceptors (Lipinski definition) is 2. The first-order valence-electron chi connectivity index (χ1n) is 5.24. The van der Waals surface area contributed by atoms with Gasteiger partial charge >= 0.3 is 0 Å². The third-order valence-electron chi connectivity index (χ3n) is 2.42. The molecular weight excluding hydrogens is 236 g/mol. The van der Waals surface area contributed by atoms with E-state index in [0.29, 0.717) is 11.3 Å². The molecule has 0 N–H and O–H groups in total. The summed E-state index contributed by atoms with van der Waals surface area (Å²) >= 11 is 0. The van der Waals surface area contributed by atoms with Crippen LogP contribution in [0.2, 0.25) is 0 Å². The van der Waals surface area contributed by atoms with Gasteiger partial charge in [-0.05, 0) is 48.9 Å². The van der Waals surface area contributed by atoms with Crippen LogP contribution < -0.4 is 4.74 Å². The predicted octanol–water partition coefficient (Wildman–Crippen LogP) is 3.94. The Morgan fingerprint density at radius 1 is 1.06 bits per heavy atom. The first-order chi connectivity index (χ1) is 8.60. The fourth-order valence-corrected chi connectivity index (χ4v) is 1.50. The van der Waals surface area contributed by atoms with Crippen molar-refractivity contribution in [3.8, 4) is 17.6 Å². The highest BCUT2D eigenvalue weighted by Crippen LogP contribution is 2.27. The van der Waals surface area contributed by atoms with Crippen LogP contribution in [-0.2, 0) is 0 Å². The Kier molecular flexibility index (Phi) is 3.24. The Morgan fingerprint density at radius 2 is 1.78 bits per heavy atom. The molecule has 0 heterocycles. The number of nitrogens with zero attached hydrogens (tertiary/aromatic N) is 1. The number of nitriles is 1. The number of rotatable bonds is 2. The summed E-state index contributed by atoms with van der Waals surface area (Å²) in [5, 5.41) is 8.62. The lowest BCUT2D eigenvalue weighted by molar-refractivity contribution is 0.438. The molecule has 0 aliphatic rings. The van der Waals surface area contributed by atoms with Gasteiger partial charge in [-0.1, -0.05) is 0 Å². The van der Waals surface area contributed by atoms with Gasteiger partial charge in [0.15, 0.2) is 11.6 Å². The largest absolute Gasteiger partial charge is 0.454 e. The molecule has 0 bridgehead atoms. The van der Waals surface area contributed by atoms with E-state index in [0.717, 1.165) is 6.07 Å². The van der Waals surface area contributed by atoms with E-state index >= 15 is 0 Å². The van der Waals surface area contributed by atoms with Crippen LogP contribution in [0.4, 0.5) is 8.78 Å². The molecule has 2 nitrogen and oxygen atoms in total. The molecule has 90 valence electrons. The van der Waals surface area contributed by atoms with E-state index in [1.54, 1.807) is 6.92 Å². The topological polar surface area (TPSA) is 33.0 Å². The Morgan fingerprint density at radius 3 is 2.39 bits per heavy atom. The zero-order valence-electron chi connectivity index (χ0n) is 9.58. The Hall–Kier alpha value is -2.41. The van der Waals surface area contributed by atoms with E-state index < -0.39 is 5.82 Å².